The monoisotopic (exact) mass is 491 g/mol. The lowest BCUT2D eigenvalue weighted by molar-refractivity contribution is -0.138. The van der Waals surface area contributed by atoms with E-state index in [0.29, 0.717) is 30.8 Å². The van der Waals surface area contributed by atoms with E-state index >= 15 is 0 Å². The first-order valence-electron chi connectivity index (χ1n) is 10.8. The van der Waals surface area contributed by atoms with Crippen molar-refractivity contribution in [2.24, 2.45) is 5.92 Å². The fourth-order valence-corrected chi connectivity index (χ4v) is 5.35. The van der Waals surface area contributed by atoms with Gasteiger partial charge in [-0.05, 0) is 55.5 Å². The van der Waals surface area contributed by atoms with Crippen molar-refractivity contribution in [3.05, 3.63) is 65.5 Å². The van der Waals surface area contributed by atoms with Gasteiger partial charge in [0.15, 0.2) is 5.78 Å². The first-order valence-corrected chi connectivity index (χ1v) is 12.7. The van der Waals surface area contributed by atoms with Crippen molar-refractivity contribution >= 4 is 33.3 Å². The van der Waals surface area contributed by atoms with Crippen LogP contribution in [0.3, 0.4) is 0 Å². The van der Waals surface area contributed by atoms with Gasteiger partial charge in [-0.15, -0.1) is 0 Å². The summed E-state index contributed by atoms with van der Waals surface area (Å²) in [4.78, 5) is 28.0. The number of amides is 1. The van der Waals surface area contributed by atoms with E-state index in [9.17, 15) is 23.1 Å². The Bertz CT molecular complexity index is 1110. The van der Waals surface area contributed by atoms with Crippen molar-refractivity contribution in [3.63, 3.8) is 0 Å². The highest BCUT2D eigenvalue weighted by molar-refractivity contribution is 7.89. The number of sulfonamides is 1. The Morgan fingerprint density at radius 1 is 1.21 bits per heavy atom. The van der Waals surface area contributed by atoms with Gasteiger partial charge in [-0.3, -0.25) is 9.59 Å². The van der Waals surface area contributed by atoms with E-state index in [2.05, 4.69) is 4.72 Å². The zero-order valence-corrected chi connectivity index (χ0v) is 20.1. The molecule has 0 aromatic heterocycles. The molecule has 7 nitrogen and oxygen atoms in total. The number of rotatable bonds is 9. The number of phenolic OH excluding ortho intramolecular Hbond substituents is 1. The predicted octanol–water partition coefficient (Wildman–Crippen LogP) is 3.55. The number of carbonyl (C=O) groups excluding carboxylic acids is 2. The van der Waals surface area contributed by atoms with Gasteiger partial charge >= 0.3 is 0 Å². The Morgan fingerprint density at radius 2 is 1.91 bits per heavy atom. The van der Waals surface area contributed by atoms with Crippen molar-refractivity contribution in [3.8, 4) is 5.75 Å². The van der Waals surface area contributed by atoms with Crippen molar-refractivity contribution in [1.82, 2.24) is 9.62 Å². The minimum atomic E-state index is -3.91. The van der Waals surface area contributed by atoms with Gasteiger partial charge in [0.2, 0.25) is 15.9 Å². The number of nitrogens with one attached hydrogen (secondary N) is 1. The van der Waals surface area contributed by atoms with Crippen LogP contribution in [-0.2, 0) is 19.6 Å². The van der Waals surface area contributed by atoms with E-state index in [1.807, 2.05) is 13.8 Å². The van der Waals surface area contributed by atoms with Crippen LogP contribution < -0.4 is 4.72 Å². The van der Waals surface area contributed by atoms with Crippen molar-refractivity contribution in [2.45, 2.75) is 50.1 Å². The average molecular weight is 492 g/mol. The second-order valence-electron chi connectivity index (χ2n) is 8.56. The molecule has 0 saturated carbocycles. The Balaban J connectivity index is 1.80. The van der Waals surface area contributed by atoms with Gasteiger partial charge in [0.1, 0.15) is 11.8 Å². The number of phenols is 1. The molecule has 0 bridgehead atoms. The third kappa shape index (κ3) is 6.34. The summed E-state index contributed by atoms with van der Waals surface area (Å²) in [5.41, 5.74) is 0.273. The second-order valence-corrected chi connectivity index (χ2v) is 10.7. The lowest BCUT2D eigenvalue weighted by atomic mass is 9.99. The Kier molecular flexibility index (Phi) is 8.15. The molecule has 9 heteroatoms. The molecule has 2 aromatic rings. The fourth-order valence-electron chi connectivity index (χ4n) is 3.94. The van der Waals surface area contributed by atoms with Gasteiger partial charge in [0.05, 0.1) is 17.4 Å². The van der Waals surface area contributed by atoms with Crippen LogP contribution in [0.5, 0.6) is 5.75 Å². The van der Waals surface area contributed by atoms with Crippen LogP contribution in [0.4, 0.5) is 0 Å². The van der Waals surface area contributed by atoms with Crippen LogP contribution in [0.2, 0.25) is 5.02 Å². The Morgan fingerprint density at radius 3 is 2.58 bits per heavy atom. The van der Waals surface area contributed by atoms with Gasteiger partial charge < -0.3 is 10.0 Å². The highest BCUT2D eigenvalue weighted by Crippen LogP contribution is 2.27. The number of likely N-dealkylation sites (tertiary alicyclic amines) is 1. The molecule has 1 amide bonds. The molecule has 2 N–H and O–H groups in total. The number of halogens is 1. The molecule has 1 radical (unpaired) electrons. The number of hydrogen-bond acceptors (Lipinski definition) is 5. The highest BCUT2D eigenvalue weighted by Gasteiger charge is 2.38. The summed E-state index contributed by atoms with van der Waals surface area (Å²) < 4.78 is 28.3. The first-order chi connectivity index (χ1) is 15.6. The number of hydrogen-bond donors (Lipinski definition) is 2. The molecule has 1 aliphatic heterocycles. The lowest BCUT2D eigenvalue weighted by Crippen LogP contribution is -2.52. The number of benzene rings is 2. The van der Waals surface area contributed by atoms with E-state index in [1.165, 1.54) is 41.7 Å². The second kappa shape index (κ2) is 10.7. The minimum Gasteiger partial charge on any atom is -0.508 e. The Hall–Kier alpha value is -2.42. The summed E-state index contributed by atoms with van der Waals surface area (Å²) in [6.45, 7) is 4.16. The normalized spacial score (nSPS) is 17.3. The van der Waals surface area contributed by atoms with Gasteiger partial charge in [-0.2, -0.15) is 4.72 Å². The fraction of sp³-hybridized carbons (Fsp3) is 0.375. The number of carbonyl (C=O) groups is 2. The summed E-state index contributed by atoms with van der Waals surface area (Å²) in [6, 6.07) is 10.5. The zero-order valence-electron chi connectivity index (χ0n) is 18.6. The molecule has 1 fully saturated rings. The molecular weight excluding hydrogens is 464 g/mol. The summed E-state index contributed by atoms with van der Waals surface area (Å²) in [6.07, 6.45) is 2.66. The maximum Gasteiger partial charge on any atom is 0.241 e. The molecule has 1 heterocycles. The Labute approximate surface area is 199 Å². The molecule has 177 valence electrons. The maximum absolute atomic E-state index is 13.4. The van der Waals surface area contributed by atoms with E-state index in [0.717, 1.165) is 0 Å². The maximum atomic E-state index is 13.4. The minimum absolute atomic E-state index is 0.0455. The number of aromatic hydroxyl groups is 1. The molecular formula is C24H28ClN2O5S. The standard InChI is InChI=1S/C24H28ClN2O5S/c1-16(2)13-20(26-33(31,32)19-7-4-3-5-8-19)24(30)27-12-6-9-21(27)23(29)15-17-14-18(25)10-11-22(17)28/h3-5,7-8,10-11,14-16,20-21,26,28H,6,9,12-13H2,1-2H3/t20-,21+/m1/s1. The van der Waals surface area contributed by atoms with Crippen LogP contribution in [0.1, 0.15) is 38.7 Å². The van der Waals surface area contributed by atoms with Crippen LogP contribution in [0.15, 0.2) is 53.4 Å². The largest absolute Gasteiger partial charge is 0.508 e. The number of Topliss-reactive ketones (excluding diaryl/α,β-unsaturated/α-hetero) is 1. The van der Waals surface area contributed by atoms with E-state index in [1.54, 1.807) is 18.2 Å². The number of nitrogens with zero attached hydrogens (tertiary/aromatic N) is 1. The molecule has 0 unspecified atom stereocenters. The zero-order chi connectivity index (χ0) is 24.2. The smallest absolute Gasteiger partial charge is 0.241 e. The van der Waals surface area contributed by atoms with Crippen molar-refractivity contribution in [2.75, 3.05) is 6.54 Å². The predicted molar refractivity (Wildman–Crippen MR) is 126 cm³/mol. The quantitative estimate of drug-likeness (QED) is 0.558. The summed E-state index contributed by atoms with van der Waals surface area (Å²) >= 11 is 5.97. The van der Waals surface area contributed by atoms with Gasteiger partial charge in [-0.25, -0.2) is 8.42 Å². The number of ketones is 1. The third-order valence-electron chi connectivity index (χ3n) is 5.51. The van der Waals surface area contributed by atoms with Gasteiger partial charge in [0, 0.05) is 17.1 Å². The van der Waals surface area contributed by atoms with E-state index < -0.39 is 28.0 Å². The molecule has 2 atom stereocenters. The molecule has 2 aromatic carbocycles. The van der Waals surface area contributed by atoms with Gasteiger partial charge in [0.25, 0.3) is 0 Å². The first kappa shape index (κ1) is 25.2. The molecule has 0 aliphatic carbocycles. The summed E-state index contributed by atoms with van der Waals surface area (Å²) in [7, 11) is -3.91. The molecule has 3 rings (SSSR count). The van der Waals surface area contributed by atoms with Crippen LogP contribution in [0, 0.1) is 12.3 Å². The third-order valence-corrected chi connectivity index (χ3v) is 7.23. The molecule has 1 aliphatic rings. The highest BCUT2D eigenvalue weighted by atomic mass is 35.5. The molecule has 0 spiro atoms. The summed E-state index contributed by atoms with van der Waals surface area (Å²) in [5.74, 6) is -0.809. The van der Waals surface area contributed by atoms with Crippen molar-refractivity contribution in [1.29, 1.82) is 0 Å². The van der Waals surface area contributed by atoms with Crippen molar-refractivity contribution < 1.29 is 23.1 Å². The van der Waals surface area contributed by atoms with Crippen LogP contribution in [0.25, 0.3) is 0 Å². The molecule has 1 saturated heterocycles. The SMILES string of the molecule is CC(C)C[C@@H](NS(=O)(=O)c1ccccc1)C(=O)N1CCC[C@H]1C(=O)[CH]c1cc(Cl)ccc1O. The van der Waals surface area contributed by atoms with Gasteiger partial charge in [-0.1, -0.05) is 43.6 Å². The van der Waals surface area contributed by atoms with E-state index in [4.69, 9.17) is 11.6 Å². The summed E-state index contributed by atoms with van der Waals surface area (Å²) in [5, 5.41) is 10.4. The van der Waals surface area contributed by atoms with Crippen LogP contribution >= 0.6 is 11.6 Å². The topological polar surface area (TPSA) is 104 Å². The molecule has 33 heavy (non-hydrogen) atoms. The average Bonchev–Trinajstić information content (AvgIpc) is 3.25. The lowest BCUT2D eigenvalue weighted by Gasteiger charge is -2.29. The van der Waals surface area contributed by atoms with E-state index in [-0.39, 0.29) is 27.9 Å². The van der Waals surface area contributed by atoms with Crippen LogP contribution in [-0.4, -0.2) is 48.7 Å².